The molecule has 4 heteroatoms. The molecular formula is C14H9N3O. The summed E-state index contributed by atoms with van der Waals surface area (Å²) >= 11 is 0. The van der Waals surface area contributed by atoms with Gasteiger partial charge in [0.05, 0.1) is 11.4 Å². The Hall–Kier alpha value is -2.71. The van der Waals surface area contributed by atoms with Crippen LogP contribution in [-0.2, 0) is 4.79 Å². The third-order valence-corrected chi connectivity index (χ3v) is 2.68. The lowest BCUT2D eigenvalue weighted by atomic mass is 10.1. The minimum Gasteiger partial charge on any atom is -0.306 e. The van der Waals surface area contributed by atoms with E-state index < -0.39 is 0 Å². The van der Waals surface area contributed by atoms with Gasteiger partial charge in [0.1, 0.15) is 5.65 Å². The monoisotopic (exact) mass is 235 g/mol. The van der Waals surface area contributed by atoms with Crippen LogP contribution in [0.2, 0.25) is 0 Å². The van der Waals surface area contributed by atoms with E-state index in [1.54, 1.807) is 6.07 Å². The van der Waals surface area contributed by atoms with Crippen molar-refractivity contribution in [1.29, 1.82) is 0 Å². The summed E-state index contributed by atoms with van der Waals surface area (Å²) in [6.45, 7) is 0. The van der Waals surface area contributed by atoms with Gasteiger partial charge in [-0.1, -0.05) is 18.2 Å². The highest BCUT2D eigenvalue weighted by molar-refractivity contribution is 5.67. The number of fused-ring (bicyclic) bond motifs is 1. The fourth-order valence-corrected chi connectivity index (χ4v) is 1.86. The van der Waals surface area contributed by atoms with Crippen LogP contribution in [0.4, 0.5) is 5.69 Å². The quantitative estimate of drug-likeness (QED) is 0.506. The fraction of sp³-hybridized carbons (Fsp3) is 0. The molecule has 0 N–H and O–H groups in total. The van der Waals surface area contributed by atoms with E-state index in [1.165, 1.54) is 6.08 Å². The van der Waals surface area contributed by atoms with Crippen molar-refractivity contribution in [3.63, 3.8) is 0 Å². The normalized spacial score (nSPS) is 10.2. The number of aromatic nitrogens is 2. The van der Waals surface area contributed by atoms with Gasteiger partial charge in [-0.3, -0.25) is 0 Å². The summed E-state index contributed by atoms with van der Waals surface area (Å²) in [7, 11) is 0. The number of carbonyl (C=O) groups excluding carboxylic acids is 1. The summed E-state index contributed by atoms with van der Waals surface area (Å²) in [6, 6.07) is 13.2. The number of nitrogens with zero attached hydrogens (tertiary/aromatic N) is 3. The van der Waals surface area contributed by atoms with Crippen molar-refractivity contribution in [2.45, 2.75) is 0 Å². The van der Waals surface area contributed by atoms with E-state index in [-0.39, 0.29) is 0 Å². The third kappa shape index (κ3) is 1.81. The summed E-state index contributed by atoms with van der Waals surface area (Å²) in [6.07, 6.45) is 5.43. The molecule has 3 rings (SSSR count). The maximum Gasteiger partial charge on any atom is 0.240 e. The highest BCUT2D eigenvalue weighted by Crippen LogP contribution is 2.23. The summed E-state index contributed by atoms with van der Waals surface area (Å²) in [5.74, 6) is 0. The first kappa shape index (κ1) is 10.4. The molecule has 0 atom stereocenters. The van der Waals surface area contributed by atoms with Crippen LogP contribution < -0.4 is 0 Å². The molecule has 0 fully saturated rings. The minimum atomic E-state index is 0.583. The molecule has 2 aromatic heterocycles. The molecule has 0 aliphatic heterocycles. The number of isocyanates is 1. The topological polar surface area (TPSA) is 46.7 Å². The molecule has 18 heavy (non-hydrogen) atoms. The molecule has 4 nitrogen and oxygen atoms in total. The number of hydrogen-bond donors (Lipinski definition) is 0. The van der Waals surface area contributed by atoms with Crippen LogP contribution in [0.3, 0.4) is 0 Å². The van der Waals surface area contributed by atoms with Gasteiger partial charge in [-0.15, -0.1) is 0 Å². The number of rotatable bonds is 2. The Morgan fingerprint density at radius 2 is 2.11 bits per heavy atom. The third-order valence-electron chi connectivity index (χ3n) is 2.68. The molecule has 3 aromatic rings. The molecule has 0 spiro atoms. The Bertz CT molecular complexity index is 721. The molecule has 0 unspecified atom stereocenters. The van der Waals surface area contributed by atoms with Crippen LogP contribution >= 0.6 is 0 Å². The first-order valence-corrected chi connectivity index (χ1v) is 5.49. The largest absolute Gasteiger partial charge is 0.306 e. The standard InChI is InChI=1S/C14H9N3O/c18-10-15-12-5-3-4-11(8-12)13-9-17-7-2-1-6-14(17)16-13/h1-9H. The van der Waals surface area contributed by atoms with Gasteiger partial charge < -0.3 is 4.40 Å². The summed E-state index contributed by atoms with van der Waals surface area (Å²) in [5.41, 5.74) is 3.25. The average molecular weight is 235 g/mol. The number of benzene rings is 1. The second-order valence-electron chi connectivity index (χ2n) is 3.85. The molecule has 0 saturated carbocycles. The second-order valence-corrected chi connectivity index (χ2v) is 3.85. The lowest BCUT2D eigenvalue weighted by Gasteiger charge is -1.96. The molecule has 0 aliphatic carbocycles. The molecule has 0 bridgehead atoms. The van der Waals surface area contributed by atoms with Crippen molar-refractivity contribution in [3.8, 4) is 11.3 Å². The first-order valence-electron chi connectivity index (χ1n) is 5.49. The maximum atomic E-state index is 10.3. The van der Waals surface area contributed by atoms with Crippen LogP contribution in [0.5, 0.6) is 0 Å². The van der Waals surface area contributed by atoms with Gasteiger partial charge in [0, 0.05) is 18.0 Å². The lowest BCUT2D eigenvalue weighted by molar-refractivity contribution is 0.565. The minimum absolute atomic E-state index is 0.583. The molecule has 0 radical (unpaired) electrons. The number of hydrogen-bond acceptors (Lipinski definition) is 3. The molecule has 1 aromatic carbocycles. The van der Waals surface area contributed by atoms with E-state index in [0.29, 0.717) is 5.69 Å². The van der Waals surface area contributed by atoms with E-state index in [1.807, 2.05) is 53.2 Å². The molecule has 0 saturated heterocycles. The van der Waals surface area contributed by atoms with Crippen LogP contribution in [0, 0.1) is 0 Å². The fourth-order valence-electron chi connectivity index (χ4n) is 1.86. The highest BCUT2D eigenvalue weighted by atomic mass is 16.1. The Morgan fingerprint density at radius 3 is 2.94 bits per heavy atom. The van der Waals surface area contributed by atoms with Crippen molar-refractivity contribution in [2.75, 3.05) is 0 Å². The van der Waals surface area contributed by atoms with Gasteiger partial charge in [0.2, 0.25) is 6.08 Å². The van der Waals surface area contributed by atoms with Gasteiger partial charge in [-0.05, 0) is 24.3 Å². The molecule has 86 valence electrons. The Labute approximate surface area is 103 Å². The Balaban J connectivity index is 2.13. The molecule has 2 heterocycles. The van der Waals surface area contributed by atoms with Crippen molar-refractivity contribution < 1.29 is 4.79 Å². The van der Waals surface area contributed by atoms with Crippen LogP contribution in [0.25, 0.3) is 16.9 Å². The van der Waals surface area contributed by atoms with E-state index in [2.05, 4.69) is 9.98 Å². The van der Waals surface area contributed by atoms with Crippen molar-refractivity contribution >= 4 is 17.4 Å². The van der Waals surface area contributed by atoms with Crippen LogP contribution in [0.15, 0.2) is 59.9 Å². The zero-order valence-electron chi connectivity index (χ0n) is 9.45. The van der Waals surface area contributed by atoms with E-state index >= 15 is 0 Å². The predicted molar refractivity (Wildman–Crippen MR) is 68.4 cm³/mol. The number of pyridine rings is 1. The smallest absolute Gasteiger partial charge is 0.240 e. The van der Waals surface area contributed by atoms with Crippen molar-refractivity contribution in [2.24, 2.45) is 4.99 Å². The van der Waals surface area contributed by atoms with E-state index in [0.717, 1.165) is 16.9 Å². The lowest BCUT2D eigenvalue weighted by Crippen LogP contribution is -1.77. The summed E-state index contributed by atoms with van der Waals surface area (Å²) in [4.78, 5) is 18.4. The first-order chi connectivity index (χ1) is 8.86. The van der Waals surface area contributed by atoms with E-state index in [9.17, 15) is 4.79 Å². The summed E-state index contributed by atoms with van der Waals surface area (Å²) in [5, 5.41) is 0. The zero-order chi connectivity index (χ0) is 12.4. The SMILES string of the molecule is O=C=Nc1cccc(-c2cn3ccccc3n2)c1. The molecule has 0 amide bonds. The predicted octanol–water partition coefficient (Wildman–Crippen LogP) is 2.97. The zero-order valence-corrected chi connectivity index (χ0v) is 9.45. The molecule has 0 aliphatic rings. The van der Waals surface area contributed by atoms with Gasteiger partial charge >= 0.3 is 0 Å². The van der Waals surface area contributed by atoms with Gasteiger partial charge in [-0.2, -0.15) is 4.99 Å². The van der Waals surface area contributed by atoms with Gasteiger partial charge in [0.25, 0.3) is 0 Å². The second kappa shape index (κ2) is 4.28. The molecular weight excluding hydrogens is 226 g/mol. The maximum absolute atomic E-state index is 10.3. The van der Waals surface area contributed by atoms with Crippen LogP contribution in [0.1, 0.15) is 0 Å². The van der Waals surface area contributed by atoms with Crippen LogP contribution in [-0.4, -0.2) is 15.5 Å². The number of aliphatic imine (C=N–C) groups is 1. The van der Waals surface area contributed by atoms with E-state index in [4.69, 9.17) is 0 Å². The van der Waals surface area contributed by atoms with Crippen molar-refractivity contribution in [3.05, 3.63) is 54.9 Å². The Kier molecular flexibility index (Phi) is 2.48. The highest BCUT2D eigenvalue weighted by Gasteiger charge is 2.04. The summed E-state index contributed by atoms with van der Waals surface area (Å²) < 4.78 is 1.95. The number of imidazole rings is 1. The van der Waals surface area contributed by atoms with Crippen molar-refractivity contribution in [1.82, 2.24) is 9.38 Å². The Morgan fingerprint density at radius 1 is 1.17 bits per heavy atom. The average Bonchev–Trinajstić information content (AvgIpc) is 2.83. The van der Waals surface area contributed by atoms with Gasteiger partial charge in [-0.25, -0.2) is 9.78 Å². The van der Waals surface area contributed by atoms with Gasteiger partial charge in [0.15, 0.2) is 0 Å².